The van der Waals surface area contributed by atoms with Crippen molar-refractivity contribution < 1.29 is 8.42 Å². The molecule has 0 atom stereocenters. The molecule has 0 unspecified atom stereocenters. The lowest BCUT2D eigenvalue weighted by Gasteiger charge is -2.09. The fraction of sp³-hybridized carbons (Fsp3) is 0.167. The normalized spacial score (nSPS) is 11.3. The predicted octanol–water partition coefficient (Wildman–Crippen LogP) is 2.55. The molecular weight excluding hydrogens is 286 g/mol. The third-order valence-corrected chi connectivity index (χ3v) is 4.16. The molecule has 0 aliphatic rings. The second-order valence-corrected chi connectivity index (χ2v) is 6.12. The van der Waals surface area contributed by atoms with Crippen LogP contribution in [0.1, 0.15) is 11.1 Å². The minimum absolute atomic E-state index is 0.0478. The third-order valence-electron chi connectivity index (χ3n) is 2.48. The molecule has 1 heterocycles. The Kier molecular flexibility index (Phi) is 3.73. The Morgan fingerprint density at radius 1 is 1.21 bits per heavy atom. The number of sulfonamides is 1. The molecule has 0 aliphatic carbocycles. The van der Waals surface area contributed by atoms with Crippen molar-refractivity contribution in [1.82, 2.24) is 9.97 Å². The van der Waals surface area contributed by atoms with E-state index in [0.717, 1.165) is 5.56 Å². The number of aromatic nitrogens is 2. The standard InChI is InChI=1S/C12H12ClN3O2S/c1-8-3-4-9(2)10(7-8)19(17,18)16-12-14-6-5-11(13)15-12/h3-7H,1-2H3,(H,14,15,16). The Morgan fingerprint density at radius 3 is 2.63 bits per heavy atom. The van der Waals surface area contributed by atoms with E-state index in [1.54, 1.807) is 19.1 Å². The number of halogens is 1. The van der Waals surface area contributed by atoms with E-state index in [2.05, 4.69) is 14.7 Å². The molecular formula is C12H12ClN3O2S. The lowest BCUT2D eigenvalue weighted by atomic mass is 10.2. The van der Waals surface area contributed by atoms with Crippen molar-refractivity contribution in [2.24, 2.45) is 0 Å². The average Bonchev–Trinajstić information content (AvgIpc) is 2.31. The molecule has 0 saturated carbocycles. The summed E-state index contributed by atoms with van der Waals surface area (Å²) < 4.78 is 26.8. The molecule has 2 rings (SSSR count). The van der Waals surface area contributed by atoms with Crippen LogP contribution in [-0.4, -0.2) is 18.4 Å². The number of nitrogens with one attached hydrogen (secondary N) is 1. The van der Waals surface area contributed by atoms with Crippen LogP contribution in [0.2, 0.25) is 5.15 Å². The molecule has 7 heteroatoms. The molecule has 19 heavy (non-hydrogen) atoms. The first-order valence-corrected chi connectivity index (χ1v) is 7.33. The van der Waals surface area contributed by atoms with Crippen LogP contribution in [0.15, 0.2) is 35.4 Å². The van der Waals surface area contributed by atoms with Crippen LogP contribution >= 0.6 is 11.6 Å². The molecule has 0 spiro atoms. The summed E-state index contributed by atoms with van der Waals surface area (Å²) in [5, 5.41) is 0.175. The Hall–Kier alpha value is -1.66. The highest BCUT2D eigenvalue weighted by Gasteiger charge is 2.18. The van der Waals surface area contributed by atoms with Crippen molar-refractivity contribution in [3.05, 3.63) is 46.7 Å². The molecule has 100 valence electrons. The highest BCUT2D eigenvalue weighted by Crippen LogP contribution is 2.19. The molecule has 5 nitrogen and oxygen atoms in total. The summed E-state index contributed by atoms with van der Waals surface area (Å²) in [7, 11) is -3.72. The van der Waals surface area contributed by atoms with Gasteiger partial charge in [0.2, 0.25) is 5.95 Å². The predicted molar refractivity (Wildman–Crippen MR) is 73.8 cm³/mol. The summed E-state index contributed by atoms with van der Waals surface area (Å²) in [6.45, 7) is 3.56. The van der Waals surface area contributed by atoms with E-state index in [1.165, 1.54) is 12.3 Å². The van der Waals surface area contributed by atoms with Gasteiger partial charge in [0.25, 0.3) is 10.0 Å². The zero-order valence-electron chi connectivity index (χ0n) is 10.4. The van der Waals surface area contributed by atoms with E-state index in [4.69, 9.17) is 11.6 Å². The number of anilines is 1. The van der Waals surface area contributed by atoms with Gasteiger partial charge in [0.15, 0.2) is 0 Å². The van der Waals surface area contributed by atoms with Crippen LogP contribution in [0, 0.1) is 13.8 Å². The fourth-order valence-electron chi connectivity index (χ4n) is 1.56. The van der Waals surface area contributed by atoms with Gasteiger partial charge < -0.3 is 0 Å². The molecule has 2 aromatic rings. The first-order chi connectivity index (χ1) is 8.88. The first-order valence-electron chi connectivity index (χ1n) is 5.47. The maximum Gasteiger partial charge on any atom is 0.264 e. The molecule has 0 saturated heterocycles. The van der Waals surface area contributed by atoms with Gasteiger partial charge >= 0.3 is 0 Å². The van der Waals surface area contributed by atoms with Gasteiger partial charge in [-0.1, -0.05) is 23.7 Å². The second kappa shape index (κ2) is 5.14. The fourth-order valence-corrected chi connectivity index (χ4v) is 2.98. The smallest absolute Gasteiger partial charge is 0.247 e. The second-order valence-electron chi connectivity index (χ2n) is 4.08. The molecule has 0 bridgehead atoms. The summed E-state index contributed by atoms with van der Waals surface area (Å²) in [5.41, 5.74) is 1.51. The maximum atomic E-state index is 12.3. The third kappa shape index (κ3) is 3.21. The summed E-state index contributed by atoms with van der Waals surface area (Å²) >= 11 is 5.69. The Bertz CT molecular complexity index is 717. The van der Waals surface area contributed by atoms with Crippen LogP contribution in [-0.2, 0) is 10.0 Å². The number of hydrogen-bond donors (Lipinski definition) is 1. The molecule has 1 N–H and O–H groups in total. The van der Waals surface area contributed by atoms with Crippen LogP contribution in [0.25, 0.3) is 0 Å². The van der Waals surface area contributed by atoms with Crippen LogP contribution in [0.5, 0.6) is 0 Å². The van der Waals surface area contributed by atoms with E-state index in [0.29, 0.717) is 5.56 Å². The van der Waals surface area contributed by atoms with Crippen LogP contribution in [0.4, 0.5) is 5.95 Å². The number of benzene rings is 1. The van der Waals surface area contributed by atoms with Gasteiger partial charge in [-0.3, -0.25) is 0 Å². The van der Waals surface area contributed by atoms with Crippen molar-refractivity contribution >= 4 is 27.6 Å². The lowest BCUT2D eigenvalue weighted by molar-refractivity contribution is 0.600. The molecule has 0 amide bonds. The van der Waals surface area contributed by atoms with Crippen molar-refractivity contribution in [2.45, 2.75) is 18.7 Å². The summed E-state index contributed by atoms with van der Waals surface area (Å²) in [4.78, 5) is 7.82. The molecule has 0 radical (unpaired) electrons. The Morgan fingerprint density at radius 2 is 1.95 bits per heavy atom. The van der Waals surface area contributed by atoms with Crippen molar-refractivity contribution in [3.8, 4) is 0 Å². The SMILES string of the molecule is Cc1ccc(C)c(S(=O)(=O)Nc2nccc(Cl)n2)c1. The zero-order chi connectivity index (χ0) is 14.0. The number of nitrogens with zero attached hydrogens (tertiary/aromatic N) is 2. The van der Waals surface area contributed by atoms with Gasteiger partial charge in [0.05, 0.1) is 4.90 Å². The van der Waals surface area contributed by atoms with Gasteiger partial charge in [0.1, 0.15) is 5.15 Å². The minimum atomic E-state index is -3.72. The van der Waals surface area contributed by atoms with Crippen LogP contribution < -0.4 is 4.72 Å². The van der Waals surface area contributed by atoms with Crippen molar-refractivity contribution in [1.29, 1.82) is 0 Å². The number of hydrogen-bond acceptors (Lipinski definition) is 4. The van der Waals surface area contributed by atoms with Gasteiger partial charge in [0, 0.05) is 6.20 Å². The van der Waals surface area contributed by atoms with E-state index in [-0.39, 0.29) is 16.0 Å². The van der Waals surface area contributed by atoms with E-state index in [1.807, 2.05) is 13.0 Å². The van der Waals surface area contributed by atoms with Gasteiger partial charge in [-0.05, 0) is 37.1 Å². The summed E-state index contributed by atoms with van der Waals surface area (Å²) in [6.07, 6.45) is 1.39. The molecule has 1 aromatic heterocycles. The largest absolute Gasteiger partial charge is 0.264 e. The van der Waals surface area contributed by atoms with Crippen molar-refractivity contribution in [2.75, 3.05) is 4.72 Å². The molecule has 0 aliphatic heterocycles. The average molecular weight is 298 g/mol. The number of rotatable bonds is 3. The lowest BCUT2D eigenvalue weighted by Crippen LogP contribution is -2.16. The summed E-state index contributed by atoms with van der Waals surface area (Å²) in [5.74, 6) is -0.0478. The van der Waals surface area contributed by atoms with Gasteiger partial charge in [-0.15, -0.1) is 0 Å². The van der Waals surface area contributed by atoms with E-state index < -0.39 is 10.0 Å². The summed E-state index contributed by atoms with van der Waals surface area (Å²) in [6, 6.07) is 6.67. The van der Waals surface area contributed by atoms with Crippen LogP contribution in [0.3, 0.4) is 0 Å². The molecule has 1 aromatic carbocycles. The highest BCUT2D eigenvalue weighted by atomic mass is 35.5. The zero-order valence-corrected chi connectivity index (χ0v) is 12.0. The first kappa shape index (κ1) is 13.8. The Balaban J connectivity index is 2.40. The van der Waals surface area contributed by atoms with E-state index >= 15 is 0 Å². The van der Waals surface area contributed by atoms with Gasteiger partial charge in [-0.25, -0.2) is 23.1 Å². The topological polar surface area (TPSA) is 72.0 Å². The quantitative estimate of drug-likeness (QED) is 0.884. The van der Waals surface area contributed by atoms with Crippen molar-refractivity contribution in [3.63, 3.8) is 0 Å². The monoisotopic (exact) mass is 297 g/mol. The molecule has 0 fully saturated rings. The maximum absolute atomic E-state index is 12.3. The Labute approximate surface area is 116 Å². The highest BCUT2D eigenvalue weighted by molar-refractivity contribution is 7.92. The van der Waals surface area contributed by atoms with Gasteiger partial charge in [-0.2, -0.15) is 0 Å². The number of aryl methyl sites for hydroxylation is 2. The minimum Gasteiger partial charge on any atom is -0.247 e. The van der Waals surface area contributed by atoms with E-state index in [9.17, 15) is 8.42 Å².